The van der Waals surface area contributed by atoms with Crippen LogP contribution in [0.3, 0.4) is 0 Å². The van der Waals surface area contributed by atoms with Gasteiger partial charge in [-0.3, -0.25) is 0 Å². The van der Waals surface area contributed by atoms with Crippen LogP contribution in [-0.4, -0.2) is 0 Å². The molecule has 0 atom stereocenters. The van der Waals surface area contributed by atoms with Gasteiger partial charge < -0.3 is 6.15 Å². The van der Waals surface area contributed by atoms with E-state index in [-0.39, 0.29) is 101 Å². The second-order valence-corrected chi connectivity index (χ2v) is 0. The fraction of sp³-hybridized carbons (Fsp3) is 0. The van der Waals surface area contributed by atoms with E-state index in [0.29, 0.717) is 0 Å². The third-order valence-electron chi connectivity index (χ3n) is 0. The summed E-state index contributed by atoms with van der Waals surface area (Å²) in [4.78, 5) is 0. The average molecular weight is 428 g/mol. The van der Waals surface area contributed by atoms with E-state index in [9.17, 15) is 0 Å². The molecule has 0 aromatic rings. The second kappa shape index (κ2) is 118. The Morgan fingerprint density at radius 3 is 0.375 bits per heavy atom. The fourth-order valence-electron chi connectivity index (χ4n) is 0. The molecule has 0 aromatic carbocycles. The predicted octanol–water partition coefficient (Wildman–Crippen LogP) is 2.69. The SMILES string of the molecule is Cl.Cl.Cl.Cl.Cl.Cl.N.[Ir]. The Balaban J connectivity index is 0. The topological polar surface area (TPSA) is 35.0 Å². The Labute approximate surface area is 99.9 Å². The van der Waals surface area contributed by atoms with Crippen LogP contribution in [0.1, 0.15) is 0 Å². The van der Waals surface area contributed by atoms with E-state index in [1.165, 1.54) is 0 Å². The summed E-state index contributed by atoms with van der Waals surface area (Å²) >= 11 is 0. The predicted molar refractivity (Wildman–Crippen MR) is 48.5 cm³/mol. The van der Waals surface area contributed by atoms with Crippen molar-refractivity contribution in [2.75, 3.05) is 0 Å². The molecule has 8 heteroatoms. The zero-order chi connectivity index (χ0) is 0. The number of hydrogen-bond acceptors (Lipinski definition) is 1. The third-order valence-corrected chi connectivity index (χ3v) is 0. The molecule has 0 aromatic heterocycles. The van der Waals surface area contributed by atoms with Crippen molar-refractivity contribution in [2.45, 2.75) is 0 Å². The summed E-state index contributed by atoms with van der Waals surface area (Å²) in [5.74, 6) is 0. The van der Waals surface area contributed by atoms with Gasteiger partial charge in [0.2, 0.25) is 0 Å². The summed E-state index contributed by atoms with van der Waals surface area (Å²) < 4.78 is 0. The molecular weight excluding hydrogens is 419 g/mol. The van der Waals surface area contributed by atoms with Gasteiger partial charge in [-0.15, -0.1) is 74.4 Å². The van der Waals surface area contributed by atoms with Crippen LogP contribution in [0, 0.1) is 0 Å². The maximum absolute atomic E-state index is 0. The average Bonchev–Trinajstić information content (AvgIpc) is 0. The van der Waals surface area contributed by atoms with Crippen LogP contribution < -0.4 is 6.15 Å². The Morgan fingerprint density at radius 1 is 0.375 bits per heavy atom. The Kier molecular flexibility index (Phi) is 2420. The van der Waals surface area contributed by atoms with Gasteiger partial charge in [0.05, 0.1) is 0 Å². The second-order valence-electron chi connectivity index (χ2n) is 0. The molecule has 0 aliphatic rings. The van der Waals surface area contributed by atoms with Crippen LogP contribution in [0.25, 0.3) is 0 Å². The van der Waals surface area contributed by atoms with Crippen molar-refractivity contribution in [1.82, 2.24) is 6.15 Å². The molecule has 0 fully saturated rings. The Morgan fingerprint density at radius 2 is 0.375 bits per heavy atom. The molecule has 65 valence electrons. The van der Waals surface area contributed by atoms with Crippen molar-refractivity contribution in [1.29, 1.82) is 0 Å². The van der Waals surface area contributed by atoms with Crippen LogP contribution in [0.5, 0.6) is 0 Å². The van der Waals surface area contributed by atoms with Crippen LogP contribution in [0.2, 0.25) is 0 Å². The zero-order valence-corrected chi connectivity index (χ0v) is 10.8. The van der Waals surface area contributed by atoms with E-state index >= 15 is 0 Å². The van der Waals surface area contributed by atoms with Gasteiger partial charge in [0.25, 0.3) is 0 Å². The van der Waals surface area contributed by atoms with E-state index in [1.807, 2.05) is 0 Å². The molecule has 0 rings (SSSR count). The molecule has 0 spiro atoms. The van der Waals surface area contributed by atoms with Crippen molar-refractivity contribution >= 4 is 74.4 Å². The summed E-state index contributed by atoms with van der Waals surface area (Å²) in [5.41, 5.74) is 0. The van der Waals surface area contributed by atoms with Crippen molar-refractivity contribution in [3.63, 3.8) is 0 Å². The first-order chi connectivity index (χ1) is 0. The van der Waals surface area contributed by atoms with E-state index in [4.69, 9.17) is 0 Å². The molecule has 0 amide bonds. The first kappa shape index (κ1) is 164. The van der Waals surface area contributed by atoms with Gasteiger partial charge >= 0.3 is 0 Å². The number of halogens is 6. The molecule has 0 aliphatic heterocycles. The zero-order valence-electron chi connectivity index (χ0n) is 3.49. The Hall–Kier alpha value is 2.35. The number of hydrogen-bond donors (Lipinski definition) is 1. The monoisotopic (exact) mass is 426 g/mol. The largest absolute Gasteiger partial charge is 0.344 e. The van der Waals surface area contributed by atoms with Gasteiger partial charge in [-0.1, -0.05) is 0 Å². The summed E-state index contributed by atoms with van der Waals surface area (Å²) in [7, 11) is 0. The van der Waals surface area contributed by atoms with Gasteiger partial charge in [-0.05, 0) is 0 Å². The molecule has 8 heavy (non-hydrogen) atoms. The minimum absolute atomic E-state index is 0. The standard InChI is InChI=1S/6ClH.Ir.H3N/h6*1H;;1H3. The van der Waals surface area contributed by atoms with Crippen LogP contribution in [0.4, 0.5) is 0 Å². The third kappa shape index (κ3) is 81.7. The Bertz CT molecular complexity index is 8.49. The van der Waals surface area contributed by atoms with Gasteiger partial charge in [-0.2, -0.15) is 0 Å². The molecule has 0 heterocycles. The molecule has 0 bridgehead atoms. The maximum atomic E-state index is 0. The van der Waals surface area contributed by atoms with Gasteiger partial charge in [0.1, 0.15) is 0 Å². The molecule has 0 saturated heterocycles. The normalized spacial score (nSPS) is 0. The fourth-order valence-corrected chi connectivity index (χ4v) is 0. The van der Waals surface area contributed by atoms with E-state index in [1.54, 1.807) is 0 Å². The van der Waals surface area contributed by atoms with Gasteiger partial charge in [0.15, 0.2) is 0 Å². The molecule has 0 unspecified atom stereocenters. The smallest absolute Gasteiger partial charge is 0 e. The maximum Gasteiger partial charge on any atom is 0 e. The van der Waals surface area contributed by atoms with Gasteiger partial charge in [-0.25, -0.2) is 0 Å². The summed E-state index contributed by atoms with van der Waals surface area (Å²) in [6.07, 6.45) is 0. The molecule has 0 aliphatic carbocycles. The van der Waals surface area contributed by atoms with E-state index in [2.05, 4.69) is 0 Å². The van der Waals surface area contributed by atoms with Crippen molar-refractivity contribution in [3.05, 3.63) is 0 Å². The van der Waals surface area contributed by atoms with Crippen LogP contribution >= 0.6 is 74.4 Å². The minimum Gasteiger partial charge on any atom is -0.344 e. The quantitative estimate of drug-likeness (QED) is 0.633. The minimum atomic E-state index is 0. The van der Waals surface area contributed by atoms with Crippen LogP contribution in [-0.2, 0) is 20.1 Å². The first-order valence-electron chi connectivity index (χ1n) is 0. The molecule has 0 saturated carbocycles. The summed E-state index contributed by atoms with van der Waals surface area (Å²) in [6, 6.07) is 0. The molecule has 3 N–H and O–H groups in total. The molecule has 1 nitrogen and oxygen atoms in total. The first-order valence-corrected chi connectivity index (χ1v) is 0. The molecule has 1 radical (unpaired) electrons. The van der Waals surface area contributed by atoms with Crippen LogP contribution in [0.15, 0.2) is 0 Å². The number of rotatable bonds is 0. The van der Waals surface area contributed by atoms with Crippen molar-refractivity contribution < 1.29 is 20.1 Å². The summed E-state index contributed by atoms with van der Waals surface area (Å²) in [6.45, 7) is 0. The van der Waals surface area contributed by atoms with E-state index < -0.39 is 0 Å². The van der Waals surface area contributed by atoms with E-state index in [0.717, 1.165) is 0 Å². The summed E-state index contributed by atoms with van der Waals surface area (Å²) in [5, 5.41) is 0. The van der Waals surface area contributed by atoms with Crippen molar-refractivity contribution in [3.8, 4) is 0 Å². The van der Waals surface area contributed by atoms with Gasteiger partial charge in [0, 0.05) is 20.1 Å². The van der Waals surface area contributed by atoms with Crippen molar-refractivity contribution in [2.24, 2.45) is 0 Å². The molecular formula is H9Cl6IrN.